The number of anilines is 1. The second kappa shape index (κ2) is 8.53. The van der Waals surface area contributed by atoms with Crippen molar-refractivity contribution in [1.82, 2.24) is 10.2 Å². The van der Waals surface area contributed by atoms with Crippen LogP contribution >= 0.6 is 0 Å². The van der Waals surface area contributed by atoms with Gasteiger partial charge in [0.2, 0.25) is 5.91 Å². The molecule has 1 aromatic carbocycles. The van der Waals surface area contributed by atoms with Gasteiger partial charge in [0.25, 0.3) is 0 Å². The van der Waals surface area contributed by atoms with Gasteiger partial charge in [-0.25, -0.2) is 4.79 Å². The fraction of sp³-hybridized carbons (Fsp3) is 0.529. The molecule has 126 valence electrons. The third-order valence-corrected chi connectivity index (χ3v) is 3.95. The summed E-state index contributed by atoms with van der Waals surface area (Å²) in [6, 6.07) is 7.27. The largest absolute Gasteiger partial charge is 0.423 e. The Morgan fingerprint density at radius 1 is 1.30 bits per heavy atom. The average Bonchev–Trinajstić information content (AvgIpc) is 2.55. The molecule has 23 heavy (non-hydrogen) atoms. The van der Waals surface area contributed by atoms with Gasteiger partial charge in [0.15, 0.2) is 5.75 Å². The predicted octanol–water partition coefficient (Wildman–Crippen LogP) is 1.26. The Morgan fingerprint density at radius 2 is 2.04 bits per heavy atom. The van der Waals surface area contributed by atoms with Crippen molar-refractivity contribution < 1.29 is 14.3 Å². The van der Waals surface area contributed by atoms with Crippen LogP contribution in [0, 0.1) is 0 Å². The van der Waals surface area contributed by atoms with E-state index in [1.807, 2.05) is 18.2 Å². The zero-order chi connectivity index (χ0) is 16.7. The number of hydrogen-bond donors (Lipinski definition) is 1. The minimum Gasteiger partial charge on any atom is -0.423 e. The maximum Gasteiger partial charge on any atom is 0.331 e. The molecule has 0 aliphatic carbocycles. The van der Waals surface area contributed by atoms with Crippen molar-refractivity contribution in [2.24, 2.45) is 0 Å². The second-order valence-corrected chi connectivity index (χ2v) is 5.53. The van der Waals surface area contributed by atoms with Crippen molar-refractivity contribution in [3.8, 4) is 5.75 Å². The zero-order valence-corrected chi connectivity index (χ0v) is 13.9. The number of rotatable bonds is 8. The number of fused-ring (bicyclic) bond motifs is 1. The maximum atomic E-state index is 12.1. The molecule has 6 heteroatoms. The Labute approximate surface area is 137 Å². The summed E-state index contributed by atoms with van der Waals surface area (Å²) in [5.74, 6) is 0.102. The Hall–Kier alpha value is -2.08. The lowest BCUT2D eigenvalue weighted by molar-refractivity contribution is -0.133. The van der Waals surface area contributed by atoms with Crippen molar-refractivity contribution in [3.63, 3.8) is 0 Å². The first-order valence-electron chi connectivity index (χ1n) is 8.17. The topological polar surface area (TPSA) is 61.9 Å². The lowest BCUT2D eigenvalue weighted by atomic mass is 10.2. The third kappa shape index (κ3) is 4.96. The molecule has 1 heterocycles. The minimum absolute atomic E-state index is 0.0750. The maximum absolute atomic E-state index is 12.1. The van der Waals surface area contributed by atoms with Crippen molar-refractivity contribution in [3.05, 3.63) is 24.3 Å². The van der Waals surface area contributed by atoms with E-state index in [4.69, 9.17) is 4.74 Å². The van der Waals surface area contributed by atoms with Gasteiger partial charge < -0.3 is 19.9 Å². The molecule has 6 nitrogen and oxygen atoms in total. The van der Waals surface area contributed by atoms with Gasteiger partial charge in [0.1, 0.15) is 6.54 Å². The van der Waals surface area contributed by atoms with Gasteiger partial charge in [-0.1, -0.05) is 26.0 Å². The van der Waals surface area contributed by atoms with Crippen LogP contribution in [0.25, 0.3) is 0 Å². The monoisotopic (exact) mass is 319 g/mol. The number of para-hydroxylation sites is 2. The summed E-state index contributed by atoms with van der Waals surface area (Å²) in [5, 5.41) is 2.92. The third-order valence-electron chi connectivity index (χ3n) is 3.95. The molecule has 0 fully saturated rings. The molecule has 0 aromatic heterocycles. The summed E-state index contributed by atoms with van der Waals surface area (Å²) in [5.41, 5.74) is 0.783. The van der Waals surface area contributed by atoms with E-state index in [9.17, 15) is 9.59 Å². The summed E-state index contributed by atoms with van der Waals surface area (Å²) >= 11 is 0. The Balaban J connectivity index is 1.80. The standard InChI is InChI=1S/C17H25N3O3/c1-3-19(4-2)11-7-10-18-16(21)12-20-13-17(22)23-15-9-6-5-8-14(15)20/h5-6,8-9H,3-4,7,10-13H2,1-2H3,(H,18,21). The van der Waals surface area contributed by atoms with Gasteiger partial charge in [0, 0.05) is 6.54 Å². The quantitative estimate of drug-likeness (QED) is 0.444. The molecular formula is C17H25N3O3. The second-order valence-electron chi connectivity index (χ2n) is 5.53. The summed E-state index contributed by atoms with van der Waals surface area (Å²) < 4.78 is 5.18. The van der Waals surface area contributed by atoms with Gasteiger partial charge >= 0.3 is 5.97 Å². The molecule has 0 spiro atoms. The van der Waals surface area contributed by atoms with Crippen molar-refractivity contribution in [2.45, 2.75) is 20.3 Å². The van der Waals surface area contributed by atoms with E-state index >= 15 is 0 Å². The highest BCUT2D eigenvalue weighted by atomic mass is 16.5. The molecule has 1 amide bonds. The summed E-state index contributed by atoms with van der Waals surface area (Å²) in [6.45, 7) is 8.21. The highest BCUT2D eigenvalue weighted by Crippen LogP contribution is 2.30. The van der Waals surface area contributed by atoms with Gasteiger partial charge in [-0.3, -0.25) is 4.79 Å². The Kier molecular flexibility index (Phi) is 6.40. The lowest BCUT2D eigenvalue weighted by Gasteiger charge is -2.29. The number of nitrogens with zero attached hydrogens (tertiary/aromatic N) is 2. The molecule has 0 bridgehead atoms. The van der Waals surface area contributed by atoms with E-state index in [1.165, 1.54) is 0 Å². The molecule has 0 radical (unpaired) electrons. The number of benzene rings is 1. The minimum atomic E-state index is -0.335. The van der Waals surface area contributed by atoms with E-state index in [0.717, 1.165) is 31.7 Å². The van der Waals surface area contributed by atoms with Crippen LogP contribution in [0.1, 0.15) is 20.3 Å². The number of carbonyl (C=O) groups is 2. The summed E-state index contributed by atoms with van der Waals surface area (Å²) in [6.07, 6.45) is 0.923. The van der Waals surface area contributed by atoms with Gasteiger partial charge in [-0.05, 0) is 38.2 Å². The molecule has 0 saturated carbocycles. The van der Waals surface area contributed by atoms with Crippen LogP contribution in [0.5, 0.6) is 5.75 Å². The Bertz CT molecular complexity index is 544. The smallest absolute Gasteiger partial charge is 0.331 e. The molecule has 0 saturated heterocycles. The van der Waals surface area contributed by atoms with Crippen molar-refractivity contribution in [2.75, 3.05) is 44.2 Å². The number of hydrogen-bond acceptors (Lipinski definition) is 5. The molecular weight excluding hydrogens is 294 g/mol. The molecule has 1 aliphatic heterocycles. The molecule has 2 rings (SSSR count). The first kappa shape index (κ1) is 17.3. The van der Waals surface area contributed by atoms with E-state index in [1.54, 1.807) is 11.0 Å². The highest BCUT2D eigenvalue weighted by molar-refractivity contribution is 5.89. The predicted molar refractivity (Wildman–Crippen MR) is 89.7 cm³/mol. The fourth-order valence-corrected chi connectivity index (χ4v) is 2.64. The van der Waals surface area contributed by atoms with Crippen LogP contribution in [-0.4, -0.2) is 56.0 Å². The van der Waals surface area contributed by atoms with E-state index < -0.39 is 0 Å². The van der Waals surface area contributed by atoms with E-state index in [0.29, 0.717) is 12.3 Å². The molecule has 1 aliphatic rings. The molecule has 1 aromatic rings. The SMILES string of the molecule is CCN(CC)CCCNC(=O)CN1CC(=O)Oc2ccccc21. The number of carbonyl (C=O) groups excluding carboxylic acids is 2. The first-order valence-corrected chi connectivity index (χ1v) is 8.17. The van der Waals surface area contributed by atoms with Crippen LogP contribution in [0.15, 0.2) is 24.3 Å². The van der Waals surface area contributed by atoms with E-state index in [2.05, 4.69) is 24.1 Å². The Morgan fingerprint density at radius 3 is 2.78 bits per heavy atom. The van der Waals surface area contributed by atoms with Gasteiger partial charge in [-0.2, -0.15) is 0 Å². The van der Waals surface area contributed by atoms with Crippen LogP contribution < -0.4 is 15.0 Å². The van der Waals surface area contributed by atoms with E-state index in [-0.39, 0.29) is 25.0 Å². The van der Waals surface area contributed by atoms with Gasteiger partial charge in [0.05, 0.1) is 12.2 Å². The zero-order valence-electron chi connectivity index (χ0n) is 13.9. The first-order chi connectivity index (χ1) is 11.1. The van der Waals surface area contributed by atoms with Crippen LogP contribution in [-0.2, 0) is 9.59 Å². The number of nitrogens with one attached hydrogen (secondary N) is 1. The normalized spacial score (nSPS) is 13.7. The number of amides is 1. The molecule has 0 unspecified atom stereocenters. The number of ether oxygens (including phenoxy) is 1. The highest BCUT2D eigenvalue weighted by Gasteiger charge is 2.24. The van der Waals surface area contributed by atoms with Crippen LogP contribution in [0.4, 0.5) is 5.69 Å². The van der Waals surface area contributed by atoms with Crippen LogP contribution in [0.3, 0.4) is 0 Å². The van der Waals surface area contributed by atoms with Gasteiger partial charge in [-0.15, -0.1) is 0 Å². The summed E-state index contributed by atoms with van der Waals surface area (Å²) in [4.78, 5) is 27.8. The molecule has 1 N–H and O–H groups in total. The summed E-state index contributed by atoms with van der Waals surface area (Å²) in [7, 11) is 0. The molecule has 0 atom stereocenters. The lowest BCUT2D eigenvalue weighted by Crippen LogP contribution is -2.43. The van der Waals surface area contributed by atoms with Crippen molar-refractivity contribution >= 4 is 17.6 Å². The van der Waals surface area contributed by atoms with Crippen LogP contribution in [0.2, 0.25) is 0 Å². The average molecular weight is 319 g/mol. The number of esters is 1. The fourth-order valence-electron chi connectivity index (χ4n) is 2.64. The van der Waals surface area contributed by atoms with Crippen molar-refractivity contribution in [1.29, 1.82) is 0 Å².